The lowest BCUT2D eigenvalue weighted by Gasteiger charge is -2.10. The van der Waals surface area contributed by atoms with Crippen molar-refractivity contribution in [2.75, 3.05) is 26.1 Å². The molecule has 0 aromatic heterocycles. The largest absolute Gasteiger partial charge is 0.495 e. The zero-order valence-corrected chi connectivity index (χ0v) is 13.3. The Kier molecular flexibility index (Phi) is 8.49. The highest BCUT2D eigenvalue weighted by Gasteiger charge is 2.02. The second-order valence-electron chi connectivity index (χ2n) is 4.83. The summed E-state index contributed by atoms with van der Waals surface area (Å²) in [7, 11) is 3.02. The van der Waals surface area contributed by atoms with Crippen LogP contribution in [0, 0.1) is 0 Å². The second kappa shape index (κ2) is 10.5. The van der Waals surface area contributed by atoms with Gasteiger partial charge in [-0.05, 0) is 25.0 Å². The zero-order chi connectivity index (χ0) is 16.2. The summed E-state index contributed by atoms with van der Waals surface area (Å²) in [5, 5.41) is 3.03. The highest BCUT2D eigenvalue weighted by Crippen LogP contribution is 2.22. The molecule has 122 valence electrons. The molecule has 0 saturated carbocycles. The standard InChI is InChI=1S/C16H25N3O3/c1-21-14-10-7-6-9-13(14)19-16(17)18-12-8-4-3-5-11-15(20)22-2/h6-7,9-10H,3-5,8,11-12H2,1-2H3,(H3,17,18,19). The van der Waals surface area contributed by atoms with Crippen LogP contribution in [0.15, 0.2) is 29.3 Å². The van der Waals surface area contributed by atoms with E-state index < -0.39 is 0 Å². The Morgan fingerprint density at radius 3 is 2.64 bits per heavy atom. The number of unbranched alkanes of at least 4 members (excludes halogenated alkanes) is 3. The topological polar surface area (TPSA) is 85.9 Å². The zero-order valence-electron chi connectivity index (χ0n) is 13.3. The first kappa shape index (κ1) is 17.8. The maximum Gasteiger partial charge on any atom is 0.305 e. The van der Waals surface area contributed by atoms with Gasteiger partial charge in [0.25, 0.3) is 0 Å². The number of methoxy groups -OCH3 is 2. The minimum absolute atomic E-state index is 0.150. The van der Waals surface area contributed by atoms with Crippen molar-refractivity contribution >= 4 is 17.6 Å². The number of nitrogens with one attached hydrogen (secondary N) is 1. The maximum absolute atomic E-state index is 10.9. The number of rotatable bonds is 9. The Morgan fingerprint density at radius 2 is 1.91 bits per heavy atom. The normalized spacial score (nSPS) is 11.1. The number of para-hydroxylation sites is 2. The third kappa shape index (κ3) is 6.97. The molecule has 22 heavy (non-hydrogen) atoms. The Balaban J connectivity index is 2.22. The van der Waals surface area contributed by atoms with Crippen molar-refractivity contribution in [2.24, 2.45) is 10.7 Å². The van der Waals surface area contributed by atoms with E-state index in [0.29, 0.717) is 18.9 Å². The summed E-state index contributed by atoms with van der Waals surface area (Å²) in [6.07, 6.45) is 4.28. The van der Waals surface area contributed by atoms with Gasteiger partial charge in [-0.25, -0.2) is 0 Å². The summed E-state index contributed by atoms with van der Waals surface area (Å²) in [6, 6.07) is 7.54. The number of benzene rings is 1. The first-order chi connectivity index (χ1) is 10.7. The highest BCUT2D eigenvalue weighted by atomic mass is 16.5. The van der Waals surface area contributed by atoms with E-state index in [9.17, 15) is 4.79 Å². The van der Waals surface area contributed by atoms with Crippen molar-refractivity contribution in [3.63, 3.8) is 0 Å². The summed E-state index contributed by atoms with van der Waals surface area (Å²) >= 11 is 0. The fourth-order valence-corrected chi connectivity index (χ4v) is 1.96. The van der Waals surface area contributed by atoms with Crippen molar-refractivity contribution in [3.8, 4) is 5.75 Å². The predicted molar refractivity (Wildman–Crippen MR) is 88.2 cm³/mol. The number of carbonyl (C=O) groups excluding carboxylic acids is 1. The number of hydrogen-bond acceptors (Lipinski definition) is 4. The number of esters is 1. The quantitative estimate of drug-likeness (QED) is 0.317. The molecule has 0 amide bonds. The third-order valence-electron chi connectivity index (χ3n) is 3.17. The average Bonchev–Trinajstić information content (AvgIpc) is 2.54. The first-order valence-electron chi connectivity index (χ1n) is 7.44. The van der Waals surface area contributed by atoms with Crippen LogP contribution in [0.2, 0.25) is 0 Å². The number of nitrogens with zero attached hydrogens (tertiary/aromatic N) is 1. The van der Waals surface area contributed by atoms with Gasteiger partial charge in [0, 0.05) is 13.0 Å². The van der Waals surface area contributed by atoms with Crippen LogP contribution in [0.5, 0.6) is 5.75 Å². The summed E-state index contributed by atoms with van der Waals surface area (Å²) in [5.74, 6) is 0.950. The molecule has 0 radical (unpaired) electrons. The molecular weight excluding hydrogens is 282 g/mol. The van der Waals surface area contributed by atoms with Crippen LogP contribution < -0.4 is 15.8 Å². The van der Waals surface area contributed by atoms with E-state index in [2.05, 4.69) is 15.0 Å². The van der Waals surface area contributed by atoms with Gasteiger partial charge in [-0.3, -0.25) is 9.79 Å². The van der Waals surface area contributed by atoms with Gasteiger partial charge in [-0.1, -0.05) is 25.0 Å². The van der Waals surface area contributed by atoms with E-state index in [1.165, 1.54) is 7.11 Å². The first-order valence-corrected chi connectivity index (χ1v) is 7.44. The van der Waals surface area contributed by atoms with Crippen LogP contribution in [-0.4, -0.2) is 32.7 Å². The molecule has 0 aliphatic heterocycles. The molecule has 3 N–H and O–H groups in total. The van der Waals surface area contributed by atoms with Crippen molar-refractivity contribution in [3.05, 3.63) is 24.3 Å². The number of carbonyl (C=O) groups is 1. The van der Waals surface area contributed by atoms with Crippen LogP contribution in [0.1, 0.15) is 32.1 Å². The highest BCUT2D eigenvalue weighted by molar-refractivity contribution is 5.93. The Morgan fingerprint density at radius 1 is 1.18 bits per heavy atom. The van der Waals surface area contributed by atoms with Crippen molar-refractivity contribution in [2.45, 2.75) is 32.1 Å². The van der Waals surface area contributed by atoms with E-state index in [1.54, 1.807) is 7.11 Å². The van der Waals surface area contributed by atoms with Crippen molar-refractivity contribution in [1.82, 2.24) is 0 Å². The number of anilines is 1. The van der Waals surface area contributed by atoms with Gasteiger partial charge in [0.2, 0.25) is 0 Å². The third-order valence-corrected chi connectivity index (χ3v) is 3.17. The Bertz CT molecular complexity index is 489. The fraction of sp³-hybridized carbons (Fsp3) is 0.500. The Labute approximate surface area is 131 Å². The lowest BCUT2D eigenvalue weighted by Crippen LogP contribution is -2.23. The van der Waals surface area contributed by atoms with Gasteiger partial charge >= 0.3 is 5.97 Å². The van der Waals surface area contributed by atoms with Gasteiger partial charge in [-0.2, -0.15) is 0 Å². The minimum Gasteiger partial charge on any atom is -0.495 e. The van der Waals surface area contributed by atoms with Crippen LogP contribution in [0.3, 0.4) is 0 Å². The van der Waals surface area contributed by atoms with Gasteiger partial charge in [-0.15, -0.1) is 0 Å². The van der Waals surface area contributed by atoms with Crippen molar-refractivity contribution < 1.29 is 14.3 Å². The number of hydrogen-bond donors (Lipinski definition) is 2. The molecule has 0 aliphatic carbocycles. The molecule has 6 heteroatoms. The van der Waals surface area contributed by atoms with E-state index in [4.69, 9.17) is 10.5 Å². The molecule has 1 aromatic rings. The molecule has 0 spiro atoms. The van der Waals surface area contributed by atoms with Crippen molar-refractivity contribution in [1.29, 1.82) is 0 Å². The molecule has 0 unspecified atom stereocenters. The lowest BCUT2D eigenvalue weighted by atomic mass is 10.1. The molecule has 1 rings (SSSR count). The van der Waals surface area contributed by atoms with Gasteiger partial charge in [0.1, 0.15) is 5.75 Å². The molecule has 0 fully saturated rings. The number of ether oxygens (including phenoxy) is 2. The summed E-state index contributed by atoms with van der Waals surface area (Å²) in [5.41, 5.74) is 6.65. The maximum atomic E-state index is 10.9. The predicted octanol–water partition coefficient (Wildman–Crippen LogP) is 2.55. The van der Waals surface area contributed by atoms with E-state index in [-0.39, 0.29) is 5.97 Å². The van der Waals surface area contributed by atoms with Gasteiger partial charge in [0.05, 0.1) is 19.9 Å². The smallest absolute Gasteiger partial charge is 0.305 e. The summed E-state index contributed by atoms with van der Waals surface area (Å²) in [6.45, 7) is 0.659. The van der Waals surface area contributed by atoms with Crippen LogP contribution >= 0.6 is 0 Å². The lowest BCUT2D eigenvalue weighted by molar-refractivity contribution is -0.140. The number of nitrogens with two attached hydrogens (primary N) is 1. The molecule has 0 atom stereocenters. The molecular formula is C16H25N3O3. The summed E-state index contributed by atoms with van der Waals surface area (Å²) < 4.78 is 9.82. The molecule has 0 heterocycles. The van der Waals surface area contributed by atoms with Crippen LogP contribution in [0.4, 0.5) is 5.69 Å². The molecule has 6 nitrogen and oxygen atoms in total. The molecule has 1 aromatic carbocycles. The molecule has 0 bridgehead atoms. The van der Waals surface area contributed by atoms with E-state index in [0.717, 1.165) is 37.1 Å². The SMILES string of the molecule is COC(=O)CCCCCCN=C(N)Nc1ccccc1OC. The van der Waals surface area contributed by atoms with Gasteiger partial charge in [0.15, 0.2) is 5.96 Å². The fourth-order valence-electron chi connectivity index (χ4n) is 1.96. The molecule has 0 saturated heterocycles. The monoisotopic (exact) mass is 307 g/mol. The summed E-state index contributed by atoms with van der Waals surface area (Å²) in [4.78, 5) is 15.2. The Hall–Kier alpha value is -2.24. The molecule has 0 aliphatic rings. The van der Waals surface area contributed by atoms with E-state index >= 15 is 0 Å². The van der Waals surface area contributed by atoms with Gasteiger partial charge < -0.3 is 20.5 Å². The average molecular weight is 307 g/mol. The minimum atomic E-state index is -0.150. The van der Waals surface area contributed by atoms with Crippen LogP contribution in [-0.2, 0) is 9.53 Å². The van der Waals surface area contributed by atoms with E-state index in [1.807, 2.05) is 24.3 Å². The van der Waals surface area contributed by atoms with Crippen LogP contribution in [0.25, 0.3) is 0 Å². The number of guanidine groups is 1. The second-order valence-corrected chi connectivity index (χ2v) is 4.83. The number of aliphatic imine (C=N–C) groups is 1.